The molecule has 0 heterocycles. The molecule has 114 valence electrons. The first-order valence-corrected chi connectivity index (χ1v) is 6.82. The monoisotopic (exact) mass is 331 g/mol. The van der Waals surface area contributed by atoms with Crippen molar-refractivity contribution in [1.82, 2.24) is 4.90 Å². The lowest BCUT2D eigenvalue weighted by atomic mass is 10.2. The van der Waals surface area contributed by atoms with E-state index in [1.54, 1.807) is 24.3 Å². The number of rotatable bonds is 7. The van der Waals surface area contributed by atoms with Crippen LogP contribution in [0.3, 0.4) is 0 Å². The number of methoxy groups -OCH3 is 1. The van der Waals surface area contributed by atoms with Crippen molar-refractivity contribution in [2.75, 3.05) is 26.8 Å². The Labute approximate surface area is 132 Å². The topological polar surface area (TPSA) is 66.8 Å². The molecule has 0 aliphatic rings. The Kier molecular flexibility index (Phi) is 7.22. The summed E-state index contributed by atoms with van der Waals surface area (Å²) in [6, 6.07) is 4.94. The molecule has 0 aromatic heterocycles. The fraction of sp³-hybridized carbons (Fsp3) is 0.286. The SMILES string of the molecule is COCCN(CC(=O)O)C(=O)C=Cc1ccc(Cl)c(Cl)c1. The van der Waals surface area contributed by atoms with Crippen LogP contribution in [0.25, 0.3) is 6.08 Å². The second kappa shape index (κ2) is 8.67. The zero-order valence-corrected chi connectivity index (χ0v) is 12.9. The zero-order chi connectivity index (χ0) is 15.8. The molecule has 0 spiro atoms. The van der Waals surface area contributed by atoms with E-state index in [1.807, 2.05) is 0 Å². The van der Waals surface area contributed by atoms with Crippen molar-refractivity contribution in [2.45, 2.75) is 0 Å². The Morgan fingerprint density at radius 2 is 2.05 bits per heavy atom. The van der Waals surface area contributed by atoms with Gasteiger partial charge < -0.3 is 14.7 Å². The number of carboxylic acids is 1. The molecule has 1 rings (SSSR count). The lowest BCUT2D eigenvalue weighted by molar-refractivity contribution is -0.143. The van der Waals surface area contributed by atoms with Crippen LogP contribution in [-0.2, 0) is 14.3 Å². The average molecular weight is 332 g/mol. The quantitative estimate of drug-likeness (QED) is 0.780. The van der Waals surface area contributed by atoms with Crippen molar-refractivity contribution in [2.24, 2.45) is 0 Å². The largest absolute Gasteiger partial charge is 0.480 e. The fourth-order valence-electron chi connectivity index (χ4n) is 1.52. The number of hydrogen-bond acceptors (Lipinski definition) is 3. The average Bonchev–Trinajstić information content (AvgIpc) is 2.44. The van der Waals surface area contributed by atoms with Crippen LogP contribution in [0.2, 0.25) is 10.0 Å². The van der Waals surface area contributed by atoms with E-state index in [2.05, 4.69) is 0 Å². The number of amides is 1. The van der Waals surface area contributed by atoms with Gasteiger partial charge in [0.15, 0.2) is 0 Å². The molecule has 1 amide bonds. The van der Waals surface area contributed by atoms with Gasteiger partial charge in [-0.2, -0.15) is 0 Å². The molecule has 1 aromatic carbocycles. The number of hydrogen-bond donors (Lipinski definition) is 1. The molecular formula is C14H15Cl2NO4. The predicted octanol–water partition coefficient (Wildman–Crippen LogP) is 2.57. The van der Waals surface area contributed by atoms with E-state index >= 15 is 0 Å². The highest BCUT2D eigenvalue weighted by Crippen LogP contribution is 2.23. The van der Waals surface area contributed by atoms with E-state index in [9.17, 15) is 9.59 Å². The highest BCUT2D eigenvalue weighted by molar-refractivity contribution is 6.42. The molecular weight excluding hydrogens is 317 g/mol. The summed E-state index contributed by atoms with van der Waals surface area (Å²) in [5, 5.41) is 9.60. The first kappa shape index (κ1) is 17.5. The number of ether oxygens (including phenoxy) is 1. The lowest BCUT2D eigenvalue weighted by Gasteiger charge is -2.18. The van der Waals surface area contributed by atoms with Crippen molar-refractivity contribution in [3.8, 4) is 0 Å². The van der Waals surface area contributed by atoms with Gasteiger partial charge in [-0.1, -0.05) is 29.3 Å². The summed E-state index contributed by atoms with van der Waals surface area (Å²) < 4.78 is 4.85. The molecule has 0 atom stereocenters. The third-order valence-corrected chi connectivity index (χ3v) is 3.30. The van der Waals surface area contributed by atoms with Crippen LogP contribution in [0, 0.1) is 0 Å². The summed E-state index contributed by atoms with van der Waals surface area (Å²) in [5.74, 6) is -1.50. The summed E-state index contributed by atoms with van der Waals surface area (Å²) in [5.41, 5.74) is 0.694. The van der Waals surface area contributed by atoms with Crippen LogP contribution in [0.4, 0.5) is 0 Å². The number of aliphatic carboxylic acids is 1. The normalized spacial score (nSPS) is 10.8. The van der Waals surface area contributed by atoms with E-state index in [0.29, 0.717) is 15.6 Å². The Morgan fingerprint density at radius 3 is 2.62 bits per heavy atom. The Balaban J connectivity index is 2.76. The molecule has 0 aliphatic heterocycles. The van der Waals surface area contributed by atoms with Crippen molar-refractivity contribution in [3.63, 3.8) is 0 Å². The molecule has 0 radical (unpaired) electrons. The molecule has 0 aliphatic carbocycles. The van der Waals surface area contributed by atoms with Gasteiger partial charge in [0.1, 0.15) is 6.54 Å². The number of carbonyl (C=O) groups is 2. The Hall–Kier alpha value is -1.56. The van der Waals surface area contributed by atoms with Gasteiger partial charge in [0, 0.05) is 19.7 Å². The van der Waals surface area contributed by atoms with Crippen LogP contribution in [0.15, 0.2) is 24.3 Å². The van der Waals surface area contributed by atoms with Gasteiger partial charge in [-0.25, -0.2) is 0 Å². The first-order valence-electron chi connectivity index (χ1n) is 6.07. The van der Waals surface area contributed by atoms with E-state index < -0.39 is 11.9 Å². The second-order valence-electron chi connectivity index (χ2n) is 4.15. The number of nitrogens with zero attached hydrogens (tertiary/aromatic N) is 1. The number of carbonyl (C=O) groups excluding carboxylic acids is 1. The van der Waals surface area contributed by atoms with Gasteiger partial charge in [0.2, 0.25) is 5.91 Å². The minimum atomic E-state index is -1.08. The Morgan fingerprint density at radius 1 is 1.33 bits per heavy atom. The van der Waals surface area contributed by atoms with Gasteiger partial charge >= 0.3 is 5.97 Å². The van der Waals surface area contributed by atoms with E-state index in [1.165, 1.54) is 18.1 Å². The van der Waals surface area contributed by atoms with Crippen LogP contribution in [0.1, 0.15) is 5.56 Å². The molecule has 1 aromatic rings. The fourth-order valence-corrected chi connectivity index (χ4v) is 1.83. The smallest absolute Gasteiger partial charge is 0.323 e. The third-order valence-electron chi connectivity index (χ3n) is 2.57. The minimum Gasteiger partial charge on any atom is -0.480 e. The number of halogens is 2. The predicted molar refractivity (Wildman–Crippen MR) is 81.6 cm³/mol. The van der Waals surface area contributed by atoms with Crippen LogP contribution in [-0.4, -0.2) is 48.7 Å². The summed E-state index contributed by atoms with van der Waals surface area (Å²) in [4.78, 5) is 23.9. The minimum absolute atomic E-state index is 0.202. The van der Waals surface area contributed by atoms with Crippen molar-refractivity contribution in [1.29, 1.82) is 0 Å². The molecule has 0 unspecified atom stereocenters. The highest BCUT2D eigenvalue weighted by atomic mass is 35.5. The summed E-state index contributed by atoms with van der Waals surface area (Å²) in [7, 11) is 1.48. The molecule has 0 saturated carbocycles. The second-order valence-corrected chi connectivity index (χ2v) is 4.97. The molecule has 0 saturated heterocycles. The lowest BCUT2D eigenvalue weighted by Crippen LogP contribution is -2.36. The van der Waals surface area contributed by atoms with Gasteiger partial charge in [-0.15, -0.1) is 0 Å². The maximum Gasteiger partial charge on any atom is 0.323 e. The van der Waals surface area contributed by atoms with Crippen molar-refractivity contribution >= 4 is 41.2 Å². The maximum atomic E-state index is 12.0. The van der Waals surface area contributed by atoms with Gasteiger partial charge in [0.05, 0.1) is 16.7 Å². The van der Waals surface area contributed by atoms with E-state index in [-0.39, 0.29) is 19.7 Å². The van der Waals surface area contributed by atoms with Crippen molar-refractivity contribution in [3.05, 3.63) is 39.9 Å². The van der Waals surface area contributed by atoms with Crippen LogP contribution >= 0.6 is 23.2 Å². The van der Waals surface area contributed by atoms with E-state index in [4.69, 9.17) is 33.0 Å². The van der Waals surface area contributed by atoms with Gasteiger partial charge in [-0.3, -0.25) is 9.59 Å². The first-order chi connectivity index (χ1) is 9.93. The van der Waals surface area contributed by atoms with Crippen LogP contribution in [0.5, 0.6) is 0 Å². The zero-order valence-electron chi connectivity index (χ0n) is 11.4. The standard InChI is InChI=1S/C14H15Cl2NO4/c1-21-7-6-17(9-14(19)20)13(18)5-3-10-2-4-11(15)12(16)8-10/h2-5,8H,6-7,9H2,1H3,(H,19,20). The molecule has 21 heavy (non-hydrogen) atoms. The maximum absolute atomic E-state index is 12.0. The molecule has 0 bridgehead atoms. The summed E-state index contributed by atoms with van der Waals surface area (Å²) in [6.07, 6.45) is 2.84. The summed E-state index contributed by atoms with van der Waals surface area (Å²) in [6.45, 7) is 0.0842. The Bertz CT molecular complexity index is 546. The van der Waals surface area contributed by atoms with Gasteiger partial charge in [-0.05, 0) is 23.8 Å². The van der Waals surface area contributed by atoms with Gasteiger partial charge in [0.25, 0.3) is 0 Å². The molecule has 7 heteroatoms. The van der Waals surface area contributed by atoms with Crippen molar-refractivity contribution < 1.29 is 19.4 Å². The van der Waals surface area contributed by atoms with Crippen LogP contribution < -0.4 is 0 Å². The third kappa shape index (κ3) is 6.16. The molecule has 1 N–H and O–H groups in total. The van der Waals surface area contributed by atoms with E-state index in [0.717, 1.165) is 0 Å². The molecule has 5 nitrogen and oxygen atoms in total. The molecule has 0 fully saturated rings. The summed E-state index contributed by atoms with van der Waals surface area (Å²) >= 11 is 11.7. The number of carboxylic acid groups (broad SMARTS) is 1. The highest BCUT2D eigenvalue weighted by Gasteiger charge is 2.13. The number of benzene rings is 1.